The van der Waals surface area contributed by atoms with E-state index in [0.717, 1.165) is 16.1 Å². The number of hydrogen-bond acceptors (Lipinski definition) is 5. The van der Waals surface area contributed by atoms with Gasteiger partial charge < -0.3 is 15.0 Å². The van der Waals surface area contributed by atoms with Crippen LogP contribution in [0.2, 0.25) is 0 Å². The fraction of sp³-hybridized carbons (Fsp3) is 0.300. The molecule has 2 aromatic carbocycles. The number of nitrogens with one attached hydrogen (secondary N) is 1. The molecule has 0 saturated heterocycles. The summed E-state index contributed by atoms with van der Waals surface area (Å²) in [5.41, 5.74) is 2.05. The smallest absolute Gasteiger partial charge is 0.307 e. The van der Waals surface area contributed by atoms with Gasteiger partial charge in [-0.1, -0.05) is 12.1 Å². The van der Waals surface area contributed by atoms with Crippen molar-refractivity contribution in [3.8, 4) is 0 Å². The van der Waals surface area contributed by atoms with Crippen molar-refractivity contribution < 1.29 is 18.7 Å². The fourth-order valence-electron chi connectivity index (χ4n) is 2.16. The van der Waals surface area contributed by atoms with E-state index in [-0.39, 0.29) is 24.8 Å². The summed E-state index contributed by atoms with van der Waals surface area (Å²) < 4.78 is 17.8. The van der Waals surface area contributed by atoms with Gasteiger partial charge in [-0.05, 0) is 42.0 Å². The van der Waals surface area contributed by atoms with Gasteiger partial charge in [0.2, 0.25) is 0 Å². The fourth-order valence-corrected chi connectivity index (χ4v) is 3.00. The van der Waals surface area contributed by atoms with E-state index in [0.29, 0.717) is 12.3 Å². The molecule has 0 unspecified atom stereocenters. The number of thioether (sulfide) groups is 1. The molecule has 144 valence electrons. The number of esters is 1. The van der Waals surface area contributed by atoms with Crippen LogP contribution in [-0.2, 0) is 20.9 Å². The number of nitrogens with zero attached hydrogens (tertiary/aromatic N) is 1. The molecule has 0 heterocycles. The summed E-state index contributed by atoms with van der Waals surface area (Å²) in [6.07, 6.45) is 0.182. The van der Waals surface area contributed by atoms with Crippen LogP contribution in [-0.4, -0.2) is 38.3 Å². The lowest BCUT2D eigenvalue weighted by atomic mass is 10.2. The van der Waals surface area contributed by atoms with E-state index < -0.39 is 5.97 Å². The summed E-state index contributed by atoms with van der Waals surface area (Å²) in [6.45, 7) is 0.0837. The van der Waals surface area contributed by atoms with Gasteiger partial charge in [0.1, 0.15) is 5.82 Å². The minimum absolute atomic E-state index is 0.182. The highest BCUT2D eigenvalue weighted by Crippen LogP contribution is 2.19. The second-order valence-corrected chi connectivity index (χ2v) is 7.22. The van der Waals surface area contributed by atoms with Crippen molar-refractivity contribution in [2.45, 2.75) is 17.9 Å². The van der Waals surface area contributed by atoms with Gasteiger partial charge >= 0.3 is 5.97 Å². The largest absolute Gasteiger partial charge is 0.456 e. The number of carbonyl (C=O) groups excluding carboxylic acids is 2. The number of benzene rings is 2. The Morgan fingerprint density at radius 2 is 1.74 bits per heavy atom. The first kappa shape index (κ1) is 20.8. The zero-order valence-electron chi connectivity index (χ0n) is 15.4. The second kappa shape index (κ2) is 10.6. The van der Waals surface area contributed by atoms with Crippen LogP contribution in [0.15, 0.2) is 53.4 Å². The summed E-state index contributed by atoms with van der Waals surface area (Å²) in [6, 6.07) is 13.9. The number of ether oxygens (including phenoxy) is 1. The average Bonchev–Trinajstić information content (AvgIpc) is 2.66. The molecular weight excluding hydrogens is 367 g/mol. The molecule has 0 aliphatic heterocycles. The Balaban J connectivity index is 1.61. The first-order valence-electron chi connectivity index (χ1n) is 8.51. The van der Waals surface area contributed by atoms with Crippen LogP contribution in [0.25, 0.3) is 0 Å². The summed E-state index contributed by atoms with van der Waals surface area (Å²) in [5, 5.41) is 2.72. The highest BCUT2D eigenvalue weighted by molar-refractivity contribution is 7.99. The Morgan fingerprint density at radius 3 is 2.37 bits per heavy atom. The molecule has 5 nitrogen and oxygen atoms in total. The van der Waals surface area contributed by atoms with Crippen LogP contribution in [0.5, 0.6) is 0 Å². The summed E-state index contributed by atoms with van der Waals surface area (Å²) in [5.74, 6) is -0.565. The molecule has 2 rings (SSSR count). The number of anilines is 1. The van der Waals surface area contributed by atoms with Crippen molar-refractivity contribution in [2.75, 3.05) is 31.4 Å². The number of carbonyl (C=O) groups is 2. The molecule has 0 atom stereocenters. The Morgan fingerprint density at radius 1 is 1.07 bits per heavy atom. The van der Waals surface area contributed by atoms with Gasteiger partial charge in [-0.3, -0.25) is 9.59 Å². The number of amides is 1. The van der Waals surface area contributed by atoms with Crippen molar-refractivity contribution in [1.82, 2.24) is 5.32 Å². The van der Waals surface area contributed by atoms with E-state index >= 15 is 0 Å². The molecule has 7 heteroatoms. The number of hydrogen-bond donors (Lipinski definition) is 1. The molecular formula is C20H23FN2O3S. The lowest BCUT2D eigenvalue weighted by molar-refractivity contribution is -0.148. The first-order valence-corrected chi connectivity index (χ1v) is 9.49. The second-order valence-electron chi connectivity index (χ2n) is 6.05. The summed E-state index contributed by atoms with van der Waals surface area (Å²) >= 11 is 1.43. The van der Waals surface area contributed by atoms with Crippen molar-refractivity contribution in [3.05, 3.63) is 59.9 Å². The predicted molar refractivity (Wildman–Crippen MR) is 105 cm³/mol. The maximum absolute atomic E-state index is 12.8. The molecule has 0 aliphatic rings. The van der Waals surface area contributed by atoms with E-state index in [1.54, 1.807) is 12.1 Å². The predicted octanol–water partition coefficient (Wildman–Crippen LogP) is 3.23. The standard InChI is InChI=1S/C20H23FN2O3S/c1-23(2)17-7-3-15(4-8-17)13-22-19(24)14-26-20(25)11-12-27-18-9-5-16(21)6-10-18/h3-10H,11-14H2,1-2H3,(H,22,24). The third-order valence-corrected chi connectivity index (χ3v) is 4.71. The topological polar surface area (TPSA) is 58.6 Å². The molecule has 0 radical (unpaired) electrons. The van der Waals surface area contributed by atoms with Crippen LogP contribution >= 0.6 is 11.8 Å². The lowest BCUT2D eigenvalue weighted by Crippen LogP contribution is -2.28. The van der Waals surface area contributed by atoms with E-state index in [1.165, 1.54) is 23.9 Å². The molecule has 0 aliphatic carbocycles. The van der Waals surface area contributed by atoms with Crippen LogP contribution in [0.4, 0.5) is 10.1 Å². The monoisotopic (exact) mass is 390 g/mol. The maximum atomic E-state index is 12.8. The maximum Gasteiger partial charge on any atom is 0.307 e. The highest BCUT2D eigenvalue weighted by atomic mass is 32.2. The van der Waals surface area contributed by atoms with E-state index in [1.807, 2.05) is 43.3 Å². The minimum Gasteiger partial charge on any atom is -0.456 e. The zero-order valence-corrected chi connectivity index (χ0v) is 16.2. The Labute approximate surface area is 162 Å². The Hall–Kier alpha value is -2.54. The van der Waals surface area contributed by atoms with Gasteiger partial charge in [-0.15, -0.1) is 11.8 Å². The van der Waals surface area contributed by atoms with Gasteiger partial charge in [0.05, 0.1) is 6.42 Å². The summed E-state index contributed by atoms with van der Waals surface area (Å²) in [4.78, 5) is 26.3. The molecule has 0 aromatic heterocycles. The third kappa shape index (κ3) is 7.70. The van der Waals surface area contributed by atoms with Gasteiger partial charge in [0.25, 0.3) is 5.91 Å². The van der Waals surface area contributed by atoms with Crippen LogP contribution in [0.3, 0.4) is 0 Å². The number of halogens is 1. The molecule has 0 fully saturated rings. The molecule has 0 bridgehead atoms. The quantitative estimate of drug-likeness (QED) is 0.526. The van der Waals surface area contributed by atoms with Crippen LogP contribution in [0.1, 0.15) is 12.0 Å². The first-order chi connectivity index (χ1) is 12.9. The molecule has 1 amide bonds. The van der Waals surface area contributed by atoms with Crippen molar-refractivity contribution >= 4 is 29.3 Å². The summed E-state index contributed by atoms with van der Waals surface area (Å²) in [7, 11) is 3.92. The highest BCUT2D eigenvalue weighted by Gasteiger charge is 2.08. The SMILES string of the molecule is CN(C)c1ccc(CNC(=O)COC(=O)CCSc2ccc(F)cc2)cc1. The van der Waals surface area contributed by atoms with Crippen molar-refractivity contribution in [2.24, 2.45) is 0 Å². The zero-order chi connectivity index (χ0) is 19.6. The van der Waals surface area contributed by atoms with E-state index in [2.05, 4.69) is 5.32 Å². The average molecular weight is 390 g/mol. The van der Waals surface area contributed by atoms with Gasteiger partial charge in [-0.25, -0.2) is 4.39 Å². The number of rotatable bonds is 9. The molecule has 0 spiro atoms. The Bertz CT molecular complexity index is 749. The van der Waals surface area contributed by atoms with E-state index in [4.69, 9.17) is 4.74 Å². The van der Waals surface area contributed by atoms with Gasteiger partial charge in [0, 0.05) is 37.0 Å². The Kier molecular flexibility index (Phi) is 8.13. The van der Waals surface area contributed by atoms with Gasteiger partial charge in [0.15, 0.2) is 6.61 Å². The van der Waals surface area contributed by atoms with Crippen LogP contribution < -0.4 is 10.2 Å². The molecule has 2 aromatic rings. The van der Waals surface area contributed by atoms with Gasteiger partial charge in [-0.2, -0.15) is 0 Å². The normalized spacial score (nSPS) is 10.3. The van der Waals surface area contributed by atoms with E-state index in [9.17, 15) is 14.0 Å². The minimum atomic E-state index is -0.435. The lowest BCUT2D eigenvalue weighted by Gasteiger charge is -2.13. The molecule has 1 N–H and O–H groups in total. The molecule has 0 saturated carbocycles. The van der Waals surface area contributed by atoms with Crippen LogP contribution in [0, 0.1) is 5.82 Å². The van der Waals surface area contributed by atoms with Crippen molar-refractivity contribution in [1.29, 1.82) is 0 Å². The van der Waals surface area contributed by atoms with Crippen molar-refractivity contribution in [3.63, 3.8) is 0 Å². The third-order valence-electron chi connectivity index (χ3n) is 3.70. The molecule has 27 heavy (non-hydrogen) atoms.